The van der Waals surface area contributed by atoms with Crippen LogP contribution in [0.1, 0.15) is 6.92 Å². The molecule has 0 atom stereocenters. The molecule has 0 aromatic heterocycles. The Bertz CT molecular complexity index is 120. The zero-order valence-electron chi connectivity index (χ0n) is 4.76. The highest BCUT2D eigenvalue weighted by Gasteiger charge is 1.67. The maximum Gasteiger partial charge on any atom is 0.0957 e. The number of allylic oxidation sites excluding steroid dienone is 1. The minimum absolute atomic E-state index is 0.503. The topological polar surface area (TPSA) is 62.2 Å². The summed E-state index contributed by atoms with van der Waals surface area (Å²) in [5.74, 6) is 0.503. The van der Waals surface area contributed by atoms with Crippen LogP contribution in [0.2, 0.25) is 0 Å². The van der Waals surface area contributed by atoms with Gasteiger partial charge in [0.05, 0.1) is 5.84 Å². The summed E-state index contributed by atoms with van der Waals surface area (Å²) < 4.78 is 0. The van der Waals surface area contributed by atoms with Crippen LogP contribution in [-0.4, -0.2) is 12.1 Å². The molecule has 0 aromatic carbocycles. The van der Waals surface area contributed by atoms with Crippen molar-refractivity contribution in [2.24, 2.45) is 10.7 Å². The minimum atomic E-state index is 0.503. The molecular weight excluding hydrogens is 102 g/mol. The molecule has 44 valence electrons. The second kappa shape index (κ2) is 4.05. The van der Waals surface area contributed by atoms with E-state index in [0.29, 0.717) is 5.84 Å². The Hall–Kier alpha value is -1.12. The predicted molar refractivity (Wildman–Crippen MR) is 35.2 cm³/mol. The molecule has 0 amide bonds. The predicted octanol–water partition coefficient (Wildman–Crippen LogP) is 0.527. The standard InChI is InChI=1S/C5H9N3/c1-5(7)8-4-2-3-6/h2-4,6H,1H3,(H2,7,8)/b4-2-,6-3?. The van der Waals surface area contributed by atoms with E-state index in [1.807, 2.05) is 0 Å². The Balaban J connectivity index is 3.57. The van der Waals surface area contributed by atoms with Gasteiger partial charge in [-0.25, -0.2) is 4.99 Å². The number of rotatable bonds is 2. The van der Waals surface area contributed by atoms with E-state index < -0.39 is 0 Å². The van der Waals surface area contributed by atoms with Gasteiger partial charge in [0.2, 0.25) is 0 Å². The van der Waals surface area contributed by atoms with Crippen molar-refractivity contribution in [2.75, 3.05) is 0 Å². The van der Waals surface area contributed by atoms with Crippen LogP contribution in [-0.2, 0) is 0 Å². The van der Waals surface area contributed by atoms with Gasteiger partial charge in [-0.2, -0.15) is 0 Å². The van der Waals surface area contributed by atoms with Crippen LogP contribution >= 0.6 is 0 Å². The maximum absolute atomic E-state index is 6.53. The first-order chi connectivity index (χ1) is 3.77. The minimum Gasteiger partial charge on any atom is -0.387 e. The molecule has 0 aromatic rings. The van der Waals surface area contributed by atoms with E-state index in [2.05, 4.69) is 4.99 Å². The largest absolute Gasteiger partial charge is 0.387 e. The third kappa shape index (κ3) is 4.88. The van der Waals surface area contributed by atoms with Gasteiger partial charge < -0.3 is 11.1 Å². The summed E-state index contributed by atoms with van der Waals surface area (Å²) in [6.45, 7) is 1.69. The Morgan fingerprint density at radius 1 is 1.75 bits per heavy atom. The molecule has 8 heavy (non-hydrogen) atoms. The van der Waals surface area contributed by atoms with Crippen molar-refractivity contribution in [3.63, 3.8) is 0 Å². The Morgan fingerprint density at radius 3 is 2.75 bits per heavy atom. The Labute approximate surface area is 48.4 Å². The molecule has 0 aliphatic carbocycles. The highest BCUT2D eigenvalue weighted by Crippen LogP contribution is 1.70. The average Bonchev–Trinajstić information content (AvgIpc) is 1.66. The summed E-state index contributed by atoms with van der Waals surface area (Å²) in [5, 5.41) is 6.53. The molecule has 0 heterocycles. The fourth-order valence-corrected chi connectivity index (χ4v) is 0.204. The molecule has 0 spiro atoms. The van der Waals surface area contributed by atoms with Crippen molar-refractivity contribution in [1.29, 1.82) is 5.41 Å². The van der Waals surface area contributed by atoms with Crippen molar-refractivity contribution in [1.82, 2.24) is 0 Å². The molecule has 0 saturated heterocycles. The quantitative estimate of drug-likeness (QED) is 0.396. The van der Waals surface area contributed by atoms with Crippen LogP contribution in [0.15, 0.2) is 17.3 Å². The van der Waals surface area contributed by atoms with Gasteiger partial charge in [-0.1, -0.05) is 0 Å². The van der Waals surface area contributed by atoms with Crippen molar-refractivity contribution in [3.05, 3.63) is 12.3 Å². The molecule has 0 unspecified atom stereocenters. The highest BCUT2D eigenvalue weighted by molar-refractivity contribution is 5.78. The number of nitrogens with one attached hydrogen (secondary N) is 1. The van der Waals surface area contributed by atoms with Crippen LogP contribution in [0.25, 0.3) is 0 Å². The normalized spacial score (nSPS) is 12.4. The lowest BCUT2D eigenvalue weighted by Gasteiger charge is -1.79. The van der Waals surface area contributed by atoms with Gasteiger partial charge in [0.25, 0.3) is 0 Å². The number of hydrogen-bond donors (Lipinski definition) is 2. The molecular formula is C5H9N3. The summed E-state index contributed by atoms with van der Waals surface area (Å²) >= 11 is 0. The zero-order chi connectivity index (χ0) is 6.41. The maximum atomic E-state index is 6.53. The van der Waals surface area contributed by atoms with Gasteiger partial charge in [0.1, 0.15) is 0 Å². The van der Waals surface area contributed by atoms with Crippen molar-refractivity contribution >= 4 is 12.1 Å². The average molecular weight is 111 g/mol. The smallest absolute Gasteiger partial charge is 0.0957 e. The van der Waals surface area contributed by atoms with E-state index in [4.69, 9.17) is 11.1 Å². The van der Waals surface area contributed by atoms with E-state index in [1.54, 1.807) is 6.92 Å². The molecule has 0 aliphatic heterocycles. The lowest BCUT2D eigenvalue weighted by molar-refractivity contribution is 1.47. The first-order valence-corrected chi connectivity index (χ1v) is 2.23. The zero-order valence-corrected chi connectivity index (χ0v) is 4.76. The summed E-state index contributed by atoms with van der Waals surface area (Å²) in [6.07, 6.45) is 4.12. The molecule has 3 nitrogen and oxygen atoms in total. The molecule has 3 N–H and O–H groups in total. The van der Waals surface area contributed by atoms with Crippen LogP contribution in [0.5, 0.6) is 0 Å². The van der Waals surface area contributed by atoms with Crippen molar-refractivity contribution < 1.29 is 0 Å². The van der Waals surface area contributed by atoms with E-state index in [0.717, 1.165) is 6.21 Å². The number of nitrogens with two attached hydrogens (primary N) is 1. The summed E-state index contributed by atoms with van der Waals surface area (Å²) in [6, 6.07) is 0. The number of aliphatic imine (C=N–C) groups is 1. The van der Waals surface area contributed by atoms with Gasteiger partial charge in [-0.05, 0) is 13.0 Å². The van der Waals surface area contributed by atoms with Crippen LogP contribution < -0.4 is 5.73 Å². The van der Waals surface area contributed by atoms with E-state index in [9.17, 15) is 0 Å². The second-order valence-corrected chi connectivity index (χ2v) is 1.28. The van der Waals surface area contributed by atoms with Gasteiger partial charge in [0.15, 0.2) is 0 Å². The third-order valence-electron chi connectivity index (χ3n) is 0.460. The molecule has 3 heteroatoms. The highest BCUT2D eigenvalue weighted by atomic mass is 14.8. The summed E-state index contributed by atoms with van der Waals surface area (Å²) in [4.78, 5) is 3.68. The van der Waals surface area contributed by atoms with Crippen molar-refractivity contribution in [3.8, 4) is 0 Å². The third-order valence-corrected chi connectivity index (χ3v) is 0.460. The van der Waals surface area contributed by atoms with Crippen LogP contribution in [0.3, 0.4) is 0 Å². The number of hydrogen-bond acceptors (Lipinski definition) is 2. The van der Waals surface area contributed by atoms with E-state index in [1.165, 1.54) is 12.3 Å². The molecule has 0 rings (SSSR count). The van der Waals surface area contributed by atoms with Gasteiger partial charge in [-0.3, -0.25) is 0 Å². The monoisotopic (exact) mass is 111 g/mol. The van der Waals surface area contributed by atoms with Gasteiger partial charge in [-0.15, -0.1) is 0 Å². The first kappa shape index (κ1) is 6.88. The summed E-state index contributed by atoms with van der Waals surface area (Å²) in [7, 11) is 0. The first-order valence-electron chi connectivity index (χ1n) is 2.23. The van der Waals surface area contributed by atoms with E-state index in [-0.39, 0.29) is 0 Å². The van der Waals surface area contributed by atoms with Crippen LogP contribution in [0, 0.1) is 5.41 Å². The lowest BCUT2D eigenvalue weighted by atomic mass is 10.6. The molecule has 0 fully saturated rings. The Kier molecular flexibility index (Phi) is 3.48. The van der Waals surface area contributed by atoms with Crippen LogP contribution in [0.4, 0.5) is 0 Å². The molecule has 0 saturated carbocycles. The second-order valence-electron chi connectivity index (χ2n) is 1.28. The number of nitrogens with zero attached hydrogens (tertiary/aromatic N) is 1. The Morgan fingerprint density at radius 2 is 2.38 bits per heavy atom. The molecule has 0 bridgehead atoms. The lowest BCUT2D eigenvalue weighted by Crippen LogP contribution is -2.03. The molecule has 0 radical (unpaired) electrons. The summed E-state index contributed by atoms with van der Waals surface area (Å²) in [5.41, 5.74) is 5.16. The fraction of sp³-hybridized carbons (Fsp3) is 0.200. The number of amidine groups is 1. The fourth-order valence-electron chi connectivity index (χ4n) is 0.204. The van der Waals surface area contributed by atoms with Gasteiger partial charge in [0, 0.05) is 12.4 Å². The van der Waals surface area contributed by atoms with Crippen molar-refractivity contribution in [2.45, 2.75) is 6.92 Å². The van der Waals surface area contributed by atoms with Gasteiger partial charge >= 0.3 is 0 Å². The molecule has 0 aliphatic rings. The SMILES string of the molecule is CC(N)=N/C=C\C=N. The van der Waals surface area contributed by atoms with E-state index >= 15 is 0 Å².